The maximum absolute atomic E-state index is 13.4. The second-order valence-electron chi connectivity index (χ2n) is 9.55. The van der Waals surface area contributed by atoms with Gasteiger partial charge >= 0.3 is 12.4 Å². The first-order valence-corrected chi connectivity index (χ1v) is 14.9. The van der Waals surface area contributed by atoms with E-state index in [1.165, 1.54) is 24.3 Å². The van der Waals surface area contributed by atoms with Crippen molar-refractivity contribution in [3.63, 3.8) is 0 Å². The molecule has 0 heterocycles. The molecule has 0 aliphatic rings. The molecular weight excluding hydrogens is 749 g/mol. The summed E-state index contributed by atoms with van der Waals surface area (Å²) in [5.74, 6) is 0. The van der Waals surface area contributed by atoms with Crippen molar-refractivity contribution < 1.29 is 26.3 Å². The predicted octanol–water partition coefficient (Wildman–Crippen LogP) is 10.9. The van der Waals surface area contributed by atoms with Crippen molar-refractivity contribution >= 4 is 61.1 Å². The van der Waals surface area contributed by atoms with Gasteiger partial charge in [-0.05, 0) is 85.7 Å². The van der Waals surface area contributed by atoms with Gasteiger partial charge in [-0.2, -0.15) is 26.3 Å². The third kappa shape index (κ3) is 5.86. The molecule has 0 aliphatic carbocycles. The van der Waals surface area contributed by atoms with Gasteiger partial charge in [0.25, 0.3) is 0 Å². The van der Waals surface area contributed by atoms with Crippen LogP contribution < -0.4 is 5.46 Å². The van der Waals surface area contributed by atoms with Crippen LogP contribution in [-0.4, -0.2) is 7.85 Å². The first-order chi connectivity index (χ1) is 19.8. The second-order valence-corrected chi connectivity index (χ2v) is 12.1. The summed E-state index contributed by atoms with van der Waals surface area (Å²) in [7, 11) is 1.88. The van der Waals surface area contributed by atoms with Crippen LogP contribution in [-0.2, 0) is 12.4 Å². The van der Waals surface area contributed by atoms with E-state index in [1.54, 1.807) is 0 Å². The number of halogens is 9. The molecule has 0 amide bonds. The van der Waals surface area contributed by atoms with Gasteiger partial charge in [-0.15, -0.1) is 0 Å². The Hall–Kier alpha value is -2.82. The number of hydrogen-bond acceptors (Lipinski definition) is 0. The monoisotopic (exact) mass is 764 g/mol. The van der Waals surface area contributed by atoms with Gasteiger partial charge < -0.3 is 0 Å². The fourth-order valence-electron chi connectivity index (χ4n) is 5.05. The molecule has 0 bridgehead atoms. The Morgan fingerprint density at radius 3 is 1.24 bits per heavy atom. The largest absolute Gasteiger partial charge is 0.416 e. The van der Waals surface area contributed by atoms with E-state index in [2.05, 4.69) is 47.8 Å². The van der Waals surface area contributed by atoms with Gasteiger partial charge in [-0.1, -0.05) is 98.0 Å². The summed E-state index contributed by atoms with van der Waals surface area (Å²) >= 11 is 11.1. The minimum absolute atomic E-state index is 0.538. The molecule has 0 radical (unpaired) electrons. The molecule has 0 N–H and O–H groups in total. The van der Waals surface area contributed by atoms with Crippen molar-refractivity contribution in [2.75, 3.05) is 0 Å². The molecule has 5 aromatic rings. The summed E-state index contributed by atoms with van der Waals surface area (Å²) in [6, 6.07) is 24.8. The fraction of sp³-hybridized carbons (Fsp3) is 0.0625. The standard InChI is InChI=1S/C32H18BBr3F6/c33-29-25(17-9-13-19(14-10-17)31(37,38)39)28(22-6-2-4-8-24(22)35)30(36)26(27(29)21-5-1-3-7-23(21)34)18-11-15-20(16-12-18)32(40,41)42/h1-16H,33H2. The number of hydrogen-bond donors (Lipinski definition) is 0. The van der Waals surface area contributed by atoms with Crippen molar-refractivity contribution in [2.24, 2.45) is 0 Å². The topological polar surface area (TPSA) is 0 Å². The van der Waals surface area contributed by atoms with Crippen LogP contribution in [0.25, 0.3) is 44.5 Å². The number of rotatable bonds is 4. The van der Waals surface area contributed by atoms with Gasteiger partial charge in [-0.25, -0.2) is 0 Å². The highest BCUT2D eigenvalue weighted by Gasteiger charge is 2.32. The highest BCUT2D eigenvalue weighted by atomic mass is 79.9. The van der Waals surface area contributed by atoms with Crippen molar-refractivity contribution in [3.05, 3.63) is 122 Å². The van der Waals surface area contributed by atoms with Crippen molar-refractivity contribution in [2.45, 2.75) is 12.4 Å². The molecule has 5 aromatic carbocycles. The number of alkyl halides is 6. The molecule has 0 aromatic heterocycles. The zero-order valence-electron chi connectivity index (χ0n) is 21.6. The van der Waals surface area contributed by atoms with Crippen molar-refractivity contribution in [3.8, 4) is 44.5 Å². The molecule has 0 saturated heterocycles. The lowest BCUT2D eigenvalue weighted by Gasteiger charge is -2.26. The van der Waals surface area contributed by atoms with Gasteiger partial charge in [-0.3, -0.25) is 0 Å². The molecular formula is C32H18BBr3F6. The van der Waals surface area contributed by atoms with Gasteiger partial charge in [0.1, 0.15) is 7.85 Å². The Bertz CT molecular complexity index is 1640. The SMILES string of the molecule is Bc1c(-c2ccc(C(F)(F)F)cc2)c(-c2ccccc2Br)c(Br)c(-c2ccc(C(F)(F)F)cc2)c1-c1ccccc1Br. The molecule has 0 fully saturated rings. The summed E-state index contributed by atoms with van der Waals surface area (Å²) < 4.78 is 82.7. The van der Waals surface area contributed by atoms with Gasteiger partial charge in [0.15, 0.2) is 0 Å². The highest BCUT2D eigenvalue weighted by Crippen LogP contribution is 2.49. The Morgan fingerprint density at radius 1 is 0.452 bits per heavy atom. The normalized spacial score (nSPS) is 12.0. The van der Waals surface area contributed by atoms with E-state index >= 15 is 0 Å². The lowest BCUT2D eigenvalue weighted by Crippen LogP contribution is -2.16. The highest BCUT2D eigenvalue weighted by molar-refractivity contribution is 9.11. The Balaban J connectivity index is 1.93. The van der Waals surface area contributed by atoms with Crippen LogP contribution in [0.4, 0.5) is 26.3 Å². The van der Waals surface area contributed by atoms with Crippen LogP contribution in [0.3, 0.4) is 0 Å². The van der Waals surface area contributed by atoms with E-state index in [1.807, 2.05) is 56.4 Å². The van der Waals surface area contributed by atoms with Gasteiger partial charge in [0.05, 0.1) is 11.1 Å². The van der Waals surface area contributed by atoms with Crippen LogP contribution in [0.15, 0.2) is 110 Å². The van der Waals surface area contributed by atoms with Crippen LogP contribution >= 0.6 is 47.8 Å². The Morgan fingerprint density at radius 2 is 0.833 bits per heavy atom. The maximum atomic E-state index is 13.4. The molecule has 0 atom stereocenters. The molecule has 0 saturated carbocycles. The second kappa shape index (κ2) is 11.7. The third-order valence-electron chi connectivity index (χ3n) is 6.98. The summed E-state index contributed by atoms with van der Waals surface area (Å²) in [4.78, 5) is 0. The number of benzene rings is 5. The predicted molar refractivity (Wildman–Crippen MR) is 169 cm³/mol. The molecule has 5 rings (SSSR count). The zero-order valence-corrected chi connectivity index (χ0v) is 26.4. The Kier molecular flexibility index (Phi) is 8.53. The average molecular weight is 767 g/mol. The van der Waals surface area contributed by atoms with Gasteiger partial charge in [0.2, 0.25) is 0 Å². The smallest absolute Gasteiger partial charge is 0.166 e. The third-order valence-corrected chi connectivity index (χ3v) is 9.15. The average Bonchev–Trinajstić information content (AvgIpc) is 2.94. The molecule has 10 heteroatoms. The van der Waals surface area contributed by atoms with E-state index in [-0.39, 0.29) is 0 Å². The summed E-state index contributed by atoms with van der Waals surface area (Å²) in [5.41, 5.74) is 4.57. The van der Waals surface area contributed by atoms with E-state index in [9.17, 15) is 26.3 Å². The first-order valence-electron chi connectivity index (χ1n) is 12.5. The lowest BCUT2D eigenvalue weighted by atomic mass is 9.74. The zero-order chi connectivity index (χ0) is 30.4. The quantitative estimate of drug-likeness (QED) is 0.126. The first kappa shape index (κ1) is 30.6. The Labute approximate surface area is 264 Å². The minimum Gasteiger partial charge on any atom is -0.166 e. The molecule has 0 aliphatic heterocycles. The fourth-order valence-corrected chi connectivity index (χ4v) is 6.85. The molecule has 0 unspecified atom stereocenters. The van der Waals surface area contributed by atoms with Crippen molar-refractivity contribution in [1.29, 1.82) is 0 Å². The van der Waals surface area contributed by atoms with Crippen molar-refractivity contribution in [1.82, 2.24) is 0 Å². The van der Waals surface area contributed by atoms with E-state index < -0.39 is 23.5 Å². The lowest BCUT2D eigenvalue weighted by molar-refractivity contribution is -0.138. The summed E-state index contributed by atoms with van der Waals surface area (Å²) in [6.07, 6.45) is -8.99. The van der Waals surface area contributed by atoms with E-state index in [0.29, 0.717) is 32.3 Å². The van der Waals surface area contributed by atoms with Crippen LogP contribution in [0, 0.1) is 0 Å². The maximum Gasteiger partial charge on any atom is 0.416 e. The van der Waals surface area contributed by atoms with Crippen LogP contribution in [0.5, 0.6) is 0 Å². The van der Waals surface area contributed by atoms with Crippen LogP contribution in [0.2, 0.25) is 0 Å². The molecule has 0 spiro atoms. The molecule has 212 valence electrons. The van der Waals surface area contributed by atoms with Crippen LogP contribution in [0.1, 0.15) is 11.1 Å². The van der Waals surface area contributed by atoms with E-state index in [4.69, 9.17) is 0 Å². The van der Waals surface area contributed by atoms with Gasteiger partial charge in [0, 0.05) is 24.5 Å². The minimum atomic E-state index is -4.50. The molecule has 0 nitrogen and oxygen atoms in total. The molecule has 42 heavy (non-hydrogen) atoms. The van der Waals surface area contributed by atoms with E-state index in [0.717, 1.165) is 55.4 Å². The summed E-state index contributed by atoms with van der Waals surface area (Å²) in [6.45, 7) is 0. The summed E-state index contributed by atoms with van der Waals surface area (Å²) in [5, 5.41) is 0.